The van der Waals surface area contributed by atoms with Gasteiger partial charge in [-0.3, -0.25) is 19.3 Å². The third-order valence-corrected chi connectivity index (χ3v) is 4.44. The summed E-state index contributed by atoms with van der Waals surface area (Å²) in [6.07, 6.45) is 3.80. The summed E-state index contributed by atoms with van der Waals surface area (Å²) >= 11 is 0. The van der Waals surface area contributed by atoms with Crippen molar-refractivity contribution < 1.29 is 9.59 Å². The fourth-order valence-electron chi connectivity index (χ4n) is 3.19. The van der Waals surface area contributed by atoms with Crippen LogP contribution < -0.4 is 5.56 Å². The molecule has 0 aliphatic carbocycles. The monoisotopic (exact) mass is 345 g/mol. The van der Waals surface area contributed by atoms with E-state index in [0.29, 0.717) is 27.6 Å². The van der Waals surface area contributed by atoms with Gasteiger partial charge in [0.15, 0.2) is 0 Å². The normalized spacial score (nSPS) is 13.8. The number of carbonyl (C=O) groups is 2. The van der Waals surface area contributed by atoms with Gasteiger partial charge in [0.25, 0.3) is 17.4 Å². The molecule has 1 aliphatic rings. The molecule has 0 fully saturated rings. The molecule has 26 heavy (non-hydrogen) atoms. The van der Waals surface area contributed by atoms with Gasteiger partial charge >= 0.3 is 0 Å². The molecule has 0 atom stereocenters. The van der Waals surface area contributed by atoms with Crippen LogP contribution in [0.5, 0.6) is 0 Å². The van der Waals surface area contributed by atoms with Gasteiger partial charge in [-0.25, -0.2) is 5.10 Å². The van der Waals surface area contributed by atoms with Gasteiger partial charge in [-0.2, -0.15) is 5.10 Å². The summed E-state index contributed by atoms with van der Waals surface area (Å²) in [4.78, 5) is 38.4. The first kappa shape index (κ1) is 16.0. The molecule has 1 N–H and O–H groups in total. The van der Waals surface area contributed by atoms with E-state index in [0.717, 1.165) is 10.5 Å². The maximum Gasteiger partial charge on any atom is 0.272 e. The number of allylic oxidation sites excluding steroid dienone is 1. The molecule has 6 heteroatoms. The molecule has 6 nitrogen and oxygen atoms in total. The van der Waals surface area contributed by atoms with E-state index in [1.807, 2.05) is 31.2 Å². The first-order valence-electron chi connectivity index (χ1n) is 8.19. The van der Waals surface area contributed by atoms with E-state index < -0.39 is 0 Å². The molecule has 1 aliphatic heterocycles. The lowest BCUT2D eigenvalue weighted by molar-refractivity contribution is 0.0641. The lowest BCUT2D eigenvalue weighted by Gasteiger charge is -2.14. The maximum absolute atomic E-state index is 12.6. The Kier molecular flexibility index (Phi) is 3.73. The van der Waals surface area contributed by atoms with Gasteiger partial charge in [0, 0.05) is 5.39 Å². The van der Waals surface area contributed by atoms with E-state index in [2.05, 4.69) is 10.2 Å². The predicted molar refractivity (Wildman–Crippen MR) is 97.7 cm³/mol. The van der Waals surface area contributed by atoms with E-state index in [1.54, 1.807) is 30.3 Å². The Hall–Kier alpha value is -3.54. The minimum atomic E-state index is -0.351. The van der Waals surface area contributed by atoms with Gasteiger partial charge in [-0.1, -0.05) is 30.4 Å². The van der Waals surface area contributed by atoms with Gasteiger partial charge in [-0.05, 0) is 36.8 Å². The number of rotatable bonds is 3. The van der Waals surface area contributed by atoms with Crippen molar-refractivity contribution in [2.24, 2.45) is 0 Å². The summed E-state index contributed by atoms with van der Waals surface area (Å²) in [5, 5.41) is 7.64. The summed E-state index contributed by atoms with van der Waals surface area (Å²) in [7, 11) is 0. The molecule has 2 heterocycles. The van der Waals surface area contributed by atoms with E-state index in [4.69, 9.17) is 0 Å². The van der Waals surface area contributed by atoms with Crippen LogP contribution in [0.25, 0.3) is 16.8 Å². The lowest BCUT2D eigenvalue weighted by Crippen LogP contribution is -2.30. The highest BCUT2D eigenvalue weighted by Crippen LogP contribution is 2.25. The summed E-state index contributed by atoms with van der Waals surface area (Å²) in [5.74, 6) is -0.701. The largest absolute Gasteiger partial charge is 0.272 e. The Morgan fingerprint density at radius 3 is 2.35 bits per heavy atom. The molecular formula is C20H15N3O3. The van der Waals surface area contributed by atoms with Crippen molar-refractivity contribution in [2.75, 3.05) is 0 Å². The summed E-state index contributed by atoms with van der Waals surface area (Å²) in [5.41, 5.74) is 1.86. The smallest absolute Gasteiger partial charge is 0.269 e. The predicted octanol–water partition coefficient (Wildman–Crippen LogP) is 2.75. The number of aromatic amines is 1. The first-order valence-corrected chi connectivity index (χ1v) is 8.19. The topological polar surface area (TPSA) is 83.1 Å². The number of amides is 2. The van der Waals surface area contributed by atoms with E-state index in [1.165, 1.54) is 0 Å². The maximum atomic E-state index is 12.6. The fourth-order valence-corrected chi connectivity index (χ4v) is 3.19. The Morgan fingerprint density at radius 1 is 1.00 bits per heavy atom. The number of hydrogen-bond donors (Lipinski definition) is 1. The van der Waals surface area contributed by atoms with Crippen molar-refractivity contribution in [3.63, 3.8) is 0 Å². The molecule has 0 radical (unpaired) electrons. The van der Waals surface area contributed by atoms with Crippen LogP contribution in [-0.2, 0) is 6.54 Å². The number of aromatic nitrogens is 2. The minimum Gasteiger partial charge on any atom is -0.269 e. The van der Waals surface area contributed by atoms with Gasteiger partial charge < -0.3 is 0 Å². The Labute approximate surface area is 148 Å². The van der Waals surface area contributed by atoms with Crippen molar-refractivity contribution >= 4 is 28.7 Å². The second kappa shape index (κ2) is 6.07. The van der Waals surface area contributed by atoms with Crippen LogP contribution >= 0.6 is 0 Å². The number of nitrogens with zero attached hydrogens (tertiary/aromatic N) is 2. The molecule has 0 unspecified atom stereocenters. The zero-order valence-corrected chi connectivity index (χ0v) is 14.0. The molecule has 0 bridgehead atoms. The molecule has 3 aromatic rings. The average molecular weight is 345 g/mol. The third-order valence-electron chi connectivity index (χ3n) is 4.44. The number of nitrogens with one attached hydrogen (secondary N) is 1. The number of imide groups is 1. The summed E-state index contributed by atoms with van der Waals surface area (Å²) in [6, 6.07) is 12.1. The summed E-state index contributed by atoms with van der Waals surface area (Å²) in [6.45, 7) is 1.90. The molecule has 1 aromatic heterocycles. The number of H-pyrrole nitrogens is 1. The van der Waals surface area contributed by atoms with Crippen molar-refractivity contribution in [1.82, 2.24) is 15.1 Å². The van der Waals surface area contributed by atoms with Crippen molar-refractivity contribution in [2.45, 2.75) is 13.5 Å². The Bertz CT molecular complexity index is 1110. The zero-order valence-electron chi connectivity index (χ0n) is 14.0. The highest BCUT2D eigenvalue weighted by Gasteiger charge is 2.35. The van der Waals surface area contributed by atoms with Crippen LogP contribution in [0.3, 0.4) is 0 Å². The lowest BCUT2D eigenvalue weighted by atomic mass is 10.1. The number of fused-ring (bicyclic) bond motifs is 2. The average Bonchev–Trinajstić information content (AvgIpc) is 2.89. The van der Waals surface area contributed by atoms with Crippen molar-refractivity contribution in [3.05, 3.63) is 81.3 Å². The molecular weight excluding hydrogens is 330 g/mol. The second-order valence-electron chi connectivity index (χ2n) is 6.05. The van der Waals surface area contributed by atoms with Gasteiger partial charge in [0.05, 0.1) is 28.8 Å². The molecule has 0 spiro atoms. The molecule has 2 amide bonds. The molecule has 128 valence electrons. The van der Waals surface area contributed by atoms with Crippen molar-refractivity contribution in [1.29, 1.82) is 0 Å². The van der Waals surface area contributed by atoms with E-state index in [9.17, 15) is 14.4 Å². The quantitative estimate of drug-likeness (QED) is 0.740. The minimum absolute atomic E-state index is 0.00107. The van der Waals surface area contributed by atoms with E-state index in [-0.39, 0.29) is 23.9 Å². The Morgan fingerprint density at radius 2 is 1.69 bits per heavy atom. The van der Waals surface area contributed by atoms with Crippen LogP contribution in [0, 0.1) is 0 Å². The highest BCUT2D eigenvalue weighted by atomic mass is 16.2. The van der Waals surface area contributed by atoms with Crippen LogP contribution in [0.2, 0.25) is 0 Å². The Balaban J connectivity index is 1.80. The van der Waals surface area contributed by atoms with Crippen LogP contribution in [0.1, 0.15) is 38.9 Å². The summed E-state index contributed by atoms with van der Waals surface area (Å²) < 4.78 is 0. The van der Waals surface area contributed by atoms with Crippen LogP contribution in [-0.4, -0.2) is 26.9 Å². The third kappa shape index (κ3) is 2.43. The fraction of sp³-hybridized carbons (Fsp3) is 0.100. The standard InChI is InChI=1S/C20H15N3O3/c1-2-5-12-8-9-13-16(10-12)17(21-22-18(13)24)11-23-19(25)14-6-3-4-7-15(14)20(23)26/h2-10H,11H2,1H3,(H,22,24)/b5-2+. The van der Waals surface area contributed by atoms with Gasteiger partial charge in [0.2, 0.25) is 0 Å². The number of hydrogen-bond acceptors (Lipinski definition) is 4. The second-order valence-corrected chi connectivity index (χ2v) is 6.05. The number of benzene rings is 2. The zero-order chi connectivity index (χ0) is 18.3. The molecule has 0 saturated heterocycles. The SMILES string of the molecule is C/C=C/c1ccc2c(=O)[nH]nc(CN3C(=O)c4ccccc4C3=O)c2c1. The van der Waals surface area contributed by atoms with Gasteiger partial charge in [-0.15, -0.1) is 0 Å². The van der Waals surface area contributed by atoms with Gasteiger partial charge in [0.1, 0.15) is 0 Å². The first-order chi connectivity index (χ1) is 12.6. The van der Waals surface area contributed by atoms with Crippen molar-refractivity contribution in [3.8, 4) is 0 Å². The van der Waals surface area contributed by atoms with Crippen LogP contribution in [0.15, 0.2) is 53.3 Å². The molecule has 0 saturated carbocycles. The van der Waals surface area contributed by atoms with E-state index >= 15 is 0 Å². The molecule has 4 rings (SSSR count). The van der Waals surface area contributed by atoms with Crippen LogP contribution in [0.4, 0.5) is 0 Å². The molecule has 2 aromatic carbocycles. The highest BCUT2D eigenvalue weighted by molar-refractivity contribution is 6.21. The number of carbonyl (C=O) groups excluding carboxylic acids is 2.